The number of ether oxygens (including phenoxy) is 7. The minimum atomic E-state index is 0.200. The van der Waals surface area contributed by atoms with E-state index in [9.17, 15) is 0 Å². The zero-order valence-electron chi connectivity index (χ0n) is 25.9. The lowest BCUT2D eigenvalue weighted by molar-refractivity contribution is 0.0106. The van der Waals surface area contributed by atoms with Gasteiger partial charge in [0.2, 0.25) is 0 Å². The molecule has 0 fully saturated rings. The number of rotatable bonds is 21. The fourth-order valence-corrected chi connectivity index (χ4v) is 4.01. The lowest BCUT2D eigenvalue weighted by Gasteiger charge is -2.13. The SMILES string of the molecule is COc1cc(COc2nc(-c3cnn(C)c3)cnc2N)ccc1OCc1ccc(OCCOCCOCCOCCN=[N+]=[N-])cc1. The molecule has 0 radical (unpaired) electrons. The van der Waals surface area contributed by atoms with Crippen LogP contribution >= 0.6 is 0 Å². The van der Waals surface area contributed by atoms with Crippen LogP contribution in [0.1, 0.15) is 11.1 Å². The van der Waals surface area contributed by atoms with Crippen LogP contribution < -0.4 is 24.7 Å². The van der Waals surface area contributed by atoms with Gasteiger partial charge < -0.3 is 38.9 Å². The molecule has 0 bridgehead atoms. The van der Waals surface area contributed by atoms with Gasteiger partial charge in [-0.3, -0.25) is 4.68 Å². The highest BCUT2D eigenvalue weighted by molar-refractivity contribution is 5.58. The average Bonchev–Trinajstić information content (AvgIpc) is 3.52. The third kappa shape index (κ3) is 11.1. The number of aryl methyl sites for hydroxylation is 1. The number of benzene rings is 2. The largest absolute Gasteiger partial charge is 0.493 e. The van der Waals surface area contributed by atoms with Crippen LogP contribution in [0.25, 0.3) is 21.7 Å². The Labute approximate surface area is 266 Å². The standard InChI is InChI=1S/C31H38N8O7/c1-39-20-25(18-36-39)27-19-34-30(32)31(37-27)46-22-24-5-8-28(29(17-24)40-2)45-21-23-3-6-26(7-4-23)44-16-15-43-14-13-42-12-11-41-10-9-35-38-33/h3-8,17-20H,9-16,21-22H2,1-2H3,(H2,32,34). The molecule has 0 aliphatic heterocycles. The van der Waals surface area contributed by atoms with Crippen molar-refractivity contribution in [2.45, 2.75) is 13.2 Å². The summed E-state index contributed by atoms with van der Waals surface area (Å²) in [6.07, 6.45) is 5.13. The summed E-state index contributed by atoms with van der Waals surface area (Å²) in [7, 11) is 3.42. The molecule has 0 spiro atoms. The fraction of sp³-hybridized carbons (Fsp3) is 0.387. The van der Waals surface area contributed by atoms with Crippen LogP contribution in [0.2, 0.25) is 0 Å². The van der Waals surface area contributed by atoms with Crippen molar-refractivity contribution in [3.63, 3.8) is 0 Å². The molecule has 0 saturated carbocycles. The molecule has 0 aliphatic carbocycles. The molecule has 2 aromatic carbocycles. The summed E-state index contributed by atoms with van der Waals surface area (Å²) in [4.78, 5) is 11.4. The van der Waals surface area contributed by atoms with Crippen LogP contribution in [-0.2, 0) is 34.5 Å². The summed E-state index contributed by atoms with van der Waals surface area (Å²) in [5.41, 5.74) is 17.4. The Morgan fingerprint density at radius 1 is 0.826 bits per heavy atom. The summed E-state index contributed by atoms with van der Waals surface area (Å²) in [5.74, 6) is 2.35. The van der Waals surface area contributed by atoms with Gasteiger partial charge in [0.1, 0.15) is 25.6 Å². The molecule has 15 nitrogen and oxygen atoms in total. The van der Waals surface area contributed by atoms with E-state index in [1.807, 2.05) is 55.7 Å². The second-order valence-corrected chi connectivity index (χ2v) is 9.69. The quantitative estimate of drug-likeness (QED) is 0.0594. The van der Waals surface area contributed by atoms with Crippen LogP contribution in [0.4, 0.5) is 5.82 Å². The zero-order chi connectivity index (χ0) is 32.4. The second kappa shape index (κ2) is 18.7. The number of nitrogens with zero attached hydrogens (tertiary/aromatic N) is 7. The van der Waals surface area contributed by atoms with Gasteiger partial charge >= 0.3 is 0 Å². The smallest absolute Gasteiger partial charge is 0.258 e. The highest BCUT2D eigenvalue weighted by Gasteiger charge is 2.12. The van der Waals surface area contributed by atoms with E-state index in [1.54, 1.807) is 24.2 Å². The summed E-state index contributed by atoms with van der Waals surface area (Å²) in [6.45, 7) is 3.93. The minimum Gasteiger partial charge on any atom is -0.493 e. The molecular weight excluding hydrogens is 596 g/mol. The van der Waals surface area contributed by atoms with Crippen LogP contribution in [0.5, 0.6) is 23.1 Å². The third-order valence-electron chi connectivity index (χ3n) is 6.33. The number of nitrogen functional groups attached to an aromatic ring is 1. The maximum absolute atomic E-state index is 8.18. The van der Waals surface area contributed by atoms with E-state index in [0.29, 0.717) is 76.6 Å². The van der Waals surface area contributed by atoms with Crippen molar-refractivity contribution in [3.05, 3.63) is 82.6 Å². The van der Waals surface area contributed by atoms with Crippen LogP contribution in [-0.4, -0.2) is 79.7 Å². The number of nitrogens with two attached hydrogens (primary N) is 1. The van der Waals surface area contributed by atoms with Crippen molar-refractivity contribution >= 4 is 5.82 Å². The minimum absolute atomic E-state index is 0.200. The fourth-order valence-electron chi connectivity index (χ4n) is 4.01. The zero-order valence-corrected chi connectivity index (χ0v) is 25.9. The molecule has 15 heteroatoms. The van der Waals surface area contributed by atoms with E-state index in [4.69, 9.17) is 44.4 Å². The van der Waals surface area contributed by atoms with E-state index in [2.05, 4.69) is 25.1 Å². The molecule has 2 aromatic heterocycles. The van der Waals surface area contributed by atoms with Crippen LogP contribution in [0, 0.1) is 0 Å². The molecular formula is C31H38N8O7. The normalized spacial score (nSPS) is 10.7. The van der Waals surface area contributed by atoms with Gasteiger partial charge in [-0.05, 0) is 40.9 Å². The molecule has 4 rings (SSSR count). The summed E-state index contributed by atoms with van der Waals surface area (Å²) in [6, 6.07) is 13.2. The monoisotopic (exact) mass is 634 g/mol. The van der Waals surface area contributed by atoms with Gasteiger partial charge in [-0.25, -0.2) is 9.97 Å². The number of hydrogen-bond donors (Lipinski definition) is 1. The Morgan fingerprint density at radius 2 is 1.52 bits per heavy atom. The predicted molar refractivity (Wildman–Crippen MR) is 169 cm³/mol. The summed E-state index contributed by atoms with van der Waals surface area (Å²) < 4.78 is 41.1. The Hall–Kier alpha value is -5.08. The molecule has 0 amide bonds. The molecule has 0 atom stereocenters. The van der Waals surface area contributed by atoms with E-state index < -0.39 is 0 Å². The van der Waals surface area contributed by atoms with Gasteiger partial charge in [-0.1, -0.05) is 23.3 Å². The van der Waals surface area contributed by atoms with Crippen molar-refractivity contribution < 1.29 is 33.2 Å². The van der Waals surface area contributed by atoms with Gasteiger partial charge in [0.25, 0.3) is 5.88 Å². The topological polar surface area (TPSA) is 183 Å². The maximum atomic E-state index is 8.18. The lowest BCUT2D eigenvalue weighted by atomic mass is 10.2. The van der Waals surface area contributed by atoms with E-state index in [1.165, 1.54) is 0 Å². The van der Waals surface area contributed by atoms with Crippen molar-refractivity contribution in [1.82, 2.24) is 19.7 Å². The molecule has 2 N–H and O–H groups in total. The summed E-state index contributed by atoms with van der Waals surface area (Å²) >= 11 is 0. The molecule has 244 valence electrons. The number of methoxy groups -OCH3 is 1. The van der Waals surface area contributed by atoms with Gasteiger partial charge in [-0.2, -0.15) is 5.10 Å². The molecule has 0 aliphatic rings. The third-order valence-corrected chi connectivity index (χ3v) is 6.33. The predicted octanol–water partition coefficient (Wildman–Crippen LogP) is 4.36. The Kier molecular flexibility index (Phi) is 13.7. The Bertz CT molecular complexity index is 1540. The van der Waals surface area contributed by atoms with Crippen LogP contribution in [0.15, 0.2) is 66.2 Å². The first-order valence-electron chi connectivity index (χ1n) is 14.6. The number of hydrogen-bond acceptors (Lipinski definition) is 12. The van der Waals surface area contributed by atoms with Crippen molar-refractivity contribution in [2.24, 2.45) is 12.2 Å². The molecule has 0 saturated heterocycles. The summed E-state index contributed by atoms with van der Waals surface area (Å²) in [5, 5.41) is 7.55. The van der Waals surface area contributed by atoms with Crippen molar-refractivity contribution in [2.75, 3.05) is 65.6 Å². The first kappa shape index (κ1) is 33.8. The number of anilines is 1. The molecule has 0 unspecified atom stereocenters. The average molecular weight is 635 g/mol. The van der Waals surface area contributed by atoms with Gasteiger partial charge in [-0.15, -0.1) is 0 Å². The lowest BCUT2D eigenvalue weighted by Crippen LogP contribution is -2.13. The molecule has 4 aromatic rings. The van der Waals surface area contributed by atoms with E-state index >= 15 is 0 Å². The first-order valence-corrected chi connectivity index (χ1v) is 14.6. The van der Waals surface area contributed by atoms with Crippen LogP contribution in [0.3, 0.4) is 0 Å². The Morgan fingerprint density at radius 3 is 2.22 bits per heavy atom. The van der Waals surface area contributed by atoms with Crippen molar-refractivity contribution in [3.8, 4) is 34.4 Å². The van der Waals surface area contributed by atoms with Crippen molar-refractivity contribution in [1.29, 1.82) is 0 Å². The van der Waals surface area contributed by atoms with E-state index in [0.717, 1.165) is 22.4 Å². The highest BCUT2D eigenvalue weighted by Crippen LogP contribution is 2.30. The molecule has 46 heavy (non-hydrogen) atoms. The van der Waals surface area contributed by atoms with E-state index in [-0.39, 0.29) is 18.3 Å². The van der Waals surface area contributed by atoms with Gasteiger partial charge in [0.05, 0.1) is 64.8 Å². The first-order chi connectivity index (χ1) is 22.6. The Balaban J connectivity index is 1.14. The second-order valence-electron chi connectivity index (χ2n) is 9.69. The number of aromatic nitrogens is 4. The van der Waals surface area contributed by atoms with Gasteiger partial charge in [0, 0.05) is 30.3 Å². The highest BCUT2D eigenvalue weighted by atomic mass is 16.6. The van der Waals surface area contributed by atoms with Gasteiger partial charge in [0.15, 0.2) is 17.3 Å². The maximum Gasteiger partial charge on any atom is 0.258 e. The number of azide groups is 1. The molecule has 2 heterocycles.